The van der Waals surface area contributed by atoms with Gasteiger partial charge in [0.15, 0.2) is 0 Å². The number of carboxylic acid groups (broad SMARTS) is 1. The average Bonchev–Trinajstić information content (AvgIpc) is 1.98. The lowest BCUT2D eigenvalue weighted by atomic mass is 10.1. The molecule has 6 heteroatoms. The van der Waals surface area contributed by atoms with E-state index in [-0.39, 0.29) is 12.5 Å². The molecule has 0 spiro atoms. The number of carbonyl (C=O) groups is 2. The summed E-state index contributed by atoms with van der Waals surface area (Å²) in [7, 11) is 0. The Hall–Kier alpha value is -1.30. The number of rotatable bonds is 4. The lowest BCUT2D eigenvalue weighted by Crippen LogP contribution is -2.42. The molecule has 94 valence electrons. The molecule has 0 aromatic heterocycles. The molecule has 0 aromatic carbocycles. The summed E-state index contributed by atoms with van der Waals surface area (Å²) in [6.45, 7) is 6.92. The highest BCUT2D eigenvalue weighted by Crippen LogP contribution is 2.07. The summed E-state index contributed by atoms with van der Waals surface area (Å²) in [5, 5.41) is 11.1. The summed E-state index contributed by atoms with van der Waals surface area (Å²) in [5.41, 5.74) is 4.76. The van der Waals surface area contributed by atoms with Crippen LogP contribution in [0, 0.1) is 0 Å². The zero-order chi connectivity index (χ0) is 12.9. The van der Waals surface area contributed by atoms with E-state index in [1.165, 1.54) is 0 Å². The molecule has 0 fully saturated rings. The highest BCUT2D eigenvalue weighted by molar-refractivity contribution is 5.73. The number of hydrogen-bond acceptors (Lipinski definition) is 4. The summed E-state index contributed by atoms with van der Waals surface area (Å²) in [5.74, 6) is -1.09. The second-order valence-corrected chi connectivity index (χ2v) is 4.73. The van der Waals surface area contributed by atoms with Gasteiger partial charge in [0, 0.05) is 6.04 Å². The van der Waals surface area contributed by atoms with Gasteiger partial charge in [0.05, 0.1) is 0 Å². The highest BCUT2D eigenvalue weighted by atomic mass is 16.6. The molecule has 0 heterocycles. The predicted octanol–water partition coefficient (Wildman–Crippen LogP) is 0.702. The van der Waals surface area contributed by atoms with E-state index in [1.54, 1.807) is 27.7 Å². The van der Waals surface area contributed by atoms with Gasteiger partial charge in [-0.2, -0.15) is 0 Å². The maximum absolute atomic E-state index is 11.3. The van der Waals surface area contributed by atoms with Crippen LogP contribution in [-0.2, 0) is 9.53 Å². The maximum atomic E-state index is 11.3. The average molecular weight is 232 g/mol. The quantitative estimate of drug-likeness (QED) is 0.662. The van der Waals surface area contributed by atoms with E-state index in [4.69, 9.17) is 15.6 Å². The Morgan fingerprint density at radius 2 is 1.94 bits per heavy atom. The third-order valence-corrected chi connectivity index (χ3v) is 1.69. The van der Waals surface area contributed by atoms with Gasteiger partial charge in [-0.15, -0.1) is 0 Å². The Kier molecular flexibility index (Phi) is 5.23. The van der Waals surface area contributed by atoms with Crippen LogP contribution < -0.4 is 11.1 Å². The summed E-state index contributed by atoms with van der Waals surface area (Å²) < 4.78 is 5.01. The molecule has 1 amide bonds. The van der Waals surface area contributed by atoms with Gasteiger partial charge >= 0.3 is 12.1 Å². The molecule has 0 aliphatic rings. The fourth-order valence-electron chi connectivity index (χ4n) is 1.05. The van der Waals surface area contributed by atoms with E-state index in [0.717, 1.165) is 0 Å². The second kappa shape index (κ2) is 5.69. The molecule has 0 saturated carbocycles. The zero-order valence-electron chi connectivity index (χ0n) is 10.1. The monoisotopic (exact) mass is 232 g/mol. The highest BCUT2D eigenvalue weighted by Gasteiger charge is 2.20. The Morgan fingerprint density at radius 3 is 2.31 bits per heavy atom. The normalized spacial score (nSPS) is 15.1. The first-order valence-corrected chi connectivity index (χ1v) is 5.09. The first-order valence-electron chi connectivity index (χ1n) is 5.09. The van der Waals surface area contributed by atoms with Crippen molar-refractivity contribution in [3.63, 3.8) is 0 Å². The minimum absolute atomic E-state index is 0.161. The Balaban J connectivity index is 4.01. The van der Waals surface area contributed by atoms with Gasteiger partial charge in [-0.1, -0.05) is 0 Å². The molecule has 0 aromatic rings. The van der Waals surface area contributed by atoms with Crippen molar-refractivity contribution >= 4 is 12.1 Å². The molecule has 0 rings (SSSR count). The molecular formula is C10H20N2O4. The van der Waals surface area contributed by atoms with Crippen LogP contribution in [0.15, 0.2) is 0 Å². The van der Waals surface area contributed by atoms with Crippen molar-refractivity contribution in [1.82, 2.24) is 5.32 Å². The molecule has 0 bridgehead atoms. The van der Waals surface area contributed by atoms with Gasteiger partial charge in [-0.25, -0.2) is 4.79 Å². The van der Waals surface area contributed by atoms with Crippen molar-refractivity contribution < 1.29 is 19.4 Å². The molecule has 0 radical (unpaired) electrons. The molecule has 0 saturated heterocycles. The topological polar surface area (TPSA) is 102 Å². The summed E-state index contributed by atoms with van der Waals surface area (Å²) in [6.07, 6.45) is -0.410. The lowest BCUT2D eigenvalue weighted by molar-refractivity contribution is -0.138. The lowest BCUT2D eigenvalue weighted by Gasteiger charge is -2.22. The number of nitrogens with two attached hydrogens (primary N) is 1. The van der Waals surface area contributed by atoms with Crippen molar-refractivity contribution in [3.8, 4) is 0 Å². The molecule has 6 nitrogen and oxygen atoms in total. The van der Waals surface area contributed by atoms with E-state index in [2.05, 4.69) is 5.32 Å². The Bertz CT molecular complexity index is 260. The van der Waals surface area contributed by atoms with Gasteiger partial charge in [-0.3, -0.25) is 4.79 Å². The molecular weight excluding hydrogens is 212 g/mol. The zero-order valence-corrected chi connectivity index (χ0v) is 10.1. The van der Waals surface area contributed by atoms with Gasteiger partial charge in [0.1, 0.15) is 11.6 Å². The number of amides is 1. The molecule has 1 unspecified atom stereocenters. The van der Waals surface area contributed by atoms with Gasteiger partial charge in [0.25, 0.3) is 0 Å². The van der Waals surface area contributed by atoms with Crippen molar-refractivity contribution in [1.29, 1.82) is 0 Å². The number of carbonyl (C=O) groups excluding carboxylic acids is 1. The fourth-order valence-corrected chi connectivity index (χ4v) is 1.05. The number of nitrogens with one attached hydrogen (secondary N) is 1. The Morgan fingerprint density at radius 1 is 1.44 bits per heavy atom. The van der Waals surface area contributed by atoms with Crippen LogP contribution in [0.5, 0.6) is 0 Å². The van der Waals surface area contributed by atoms with Crippen LogP contribution in [0.25, 0.3) is 0 Å². The molecule has 4 N–H and O–H groups in total. The summed E-state index contributed by atoms with van der Waals surface area (Å²) in [4.78, 5) is 21.8. The molecule has 0 aliphatic carbocycles. The van der Waals surface area contributed by atoms with Crippen LogP contribution >= 0.6 is 0 Å². The molecule has 0 aliphatic heterocycles. The van der Waals surface area contributed by atoms with Crippen molar-refractivity contribution in [2.24, 2.45) is 5.73 Å². The van der Waals surface area contributed by atoms with Crippen molar-refractivity contribution in [2.75, 3.05) is 0 Å². The van der Waals surface area contributed by atoms with Crippen molar-refractivity contribution in [3.05, 3.63) is 0 Å². The van der Waals surface area contributed by atoms with Gasteiger partial charge in [0.2, 0.25) is 0 Å². The van der Waals surface area contributed by atoms with Crippen LogP contribution in [-0.4, -0.2) is 34.9 Å². The molecule has 2 atom stereocenters. The minimum Gasteiger partial charge on any atom is -0.480 e. The minimum atomic E-state index is -1.09. The predicted molar refractivity (Wildman–Crippen MR) is 59.1 cm³/mol. The SMILES string of the molecule is C[C@@H](CC(N)C(=O)O)NC(=O)OC(C)(C)C. The smallest absolute Gasteiger partial charge is 0.407 e. The van der Waals surface area contributed by atoms with E-state index in [1.807, 2.05) is 0 Å². The van der Waals surface area contributed by atoms with E-state index >= 15 is 0 Å². The van der Waals surface area contributed by atoms with Crippen LogP contribution in [0.3, 0.4) is 0 Å². The van der Waals surface area contributed by atoms with Crippen LogP contribution in [0.4, 0.5) is 4.79 Å². The first kappa shape index (κ1) is 14.7. The fraction of sp³-hybridized carbons (Fsp3) is 0.800. The van der Waals surface area contributed by atoms with E-state index in [0.29, 0.717) is 0 Å². The van der Waals surface area contributed by atoms with E-state index < -0.39 is 23.7 Å². The third kappa shape index (κ3) is 7.05. The first-order chi connectivity index (χ1) is 7.11. The number of alkyl carbamates (subject to hydrolysis) is 1. The van der Waals surface area contributed by atoms with Gasteiger partial charge < -0.3 is 20.9 Å². The summed E-state index contributed by atoms with van der Waals surface area (Å²) in [6, 6.07) is -1.33. The molecule has 16 heavy (non-hydrogen) atoms. The Labute approximate surface area is 95.1 Å². The number of carboxylic acids is 1. The standard InChI is InChI=1S/C10H20N2O4/c1-6(5-7(11)8(13)14)12-9(15)16-10(2,3)4/h6-7H,5,11H2,1-4H3,(H,12,15)(H,13,14)/t6-,7?/m0/s1. The maximum Gasteiger partial charge on any atom is 0.407 e. The van der Waals surface area contributed by atoms with Crippen LogP contribution in [0.1, 0.15) is 34.1 Å². The number of ether oxygens (including phenoxy) is 1. The van der Waals surface area contributed by atoms with E-state index in [9.17, 15) is 9.59 Å². The number of aliphatic carboxylic acids is 1. The second-order valence-electron chi connectivity index (χ2n) is 4.73. The van der Waals surface area contributed by atoms with Gasteiger partial charge in [-0.05, 0) is 34.1 Å². The largest absolute Gasteiger partial charge is 0.480 e. The number of hydrogen-bond donors (Lipinski definition) is 3. The van der Waals surface area contributed by atoms with Crippen LogP contribution in [0.2, 0.25) is 0 Å². The van der Waals surface area contributed by atoms with Crippen molar-refractivity contribution in [2.45, 2.75) is 51.8 Å². The summed E-state index contributed by atoms with van der Waals surface area (Å²) >= 11 is 0. The third-order valence-electron chi connectivity index (χ3n) is 1.69.